The molecule has 0 aromatic heterocycles. The second-order valence-corrected chi connectivity index (χ2v) is 5.40. The second kappa shape index (κ2) is 6.35. The van der Waals surface area contributed by atoms with Crippen molar-refractivity contribution in [3.8, 4) is 0 Å². The van der Waals surface area contributed by atoms with Crippen molar-refractivity contribution in [2.45, 2.75) is 25.8 Å². The Morgan fingerprint density at radius 2 is 2.21 bits per heavy atom. The molecule has 0 bridgehead atoms. The van der Waals surface area contributed by atoms with Gasteiger partial charge in [-0.2, -0.15) is 0 Å². The highest BCUT2D eigenvalue weighted by Gasteiger charge is 2.21. The first-order valence-electron chi connectivity index (χ1n) is 6.92. The molecule has 0 aliphatic heterocycles. The predicted molar refractivity (Wildman–Crippen MR) is 75.8 cm³/mol. The van der Waals surface area contributed by atoms with Crippen molar-refractivity contribution in [1.82, 2.24) is 0 Å². The highest BCUT2D eigenvalue weighted by Crippen LogP contribution is 2.29. The van der Waals surface area contributed by atoms with Crippen LogP contribution in [0.5, 0.6) is 0 Å². The highest BCUT2D eigenvalue weighted by molar-refractivity contribution is 5.54. The lowest BCUT2D eigenvalue weighted by Crippen LogP contribution is -2.25. The highest BCUT2D eigenvalue weighted by atomic mass is 19.1. The first kappa shape index (κ1) is 14.3. The van der Waals surface area contributed by atoms with E-state index in [0.717, 1.165) is 24.8 Å². The van der Waals surface area contributed by atoms with Crippen LogP contribution in [-0.2, 0) is 4.74 Å². The summed E-state index contributed by atoms with van der Waals surface area (Å²) in [6, 6.07) is 4.77. The Bertz CT molecular complexity index is 419. The number of likely N-dealkylation sites (N-methyl/N-ethyl adjacent to an activating group) is 1. The summed E-state index contributed by atoms with van der Waals surface area (Å²) in [5.74, 6) is 0.539. The number of nitrogens with two attached hydrogens (primary N) is 1. The van der Waals surface area contributed by atoms with Gasteiger partial charge in [-0.15, -0.1) is 0 Å². The van der Waals surface area contributed by atoms with Crippen LogP contribution in [0.1, 0.15) is 31.4 Å². The smallest absolute Gasteiger partial charge is 0.130 e. The van der Waals surface area contributed by atoms with E-state index in [0.29, 0.717) is 12.2 Å². The van der Waals surface area contributed by atoms with Crippen LogP contribution in [0, 0.1) is 11.7 Å². The number of hydrogen-bond acceptors (Lipinski definition) is 3. The van der Waals surface area contributed by atoms with Gasteiger partial charge in [0.05, 0.1) is 6.61 Å². The molecule has 0 spiro atoms. The predicted octanol–water partition coefficient (Wildman–Crippen LogP) is 2.71. The van der Waals surface area contributed by atoms with Crippen LogP contribution in [0.2, 0.25) is 0 Å². The minimum Gasteiger partial charge on any atom is -0.379 e. The minimum absolute atomic E-state index is 0.238. The van der Waals surface area contributed by atoms with E-state index in [1.165, 1.54) is 18.9 Å². The zero-order valence-corrected chi connectivity index (χ0v) is 11.7. The number of halogens is 1. The molecular formula is C15H23FN2O. The van der Waals surface area contributed by atoms with Gasteiger partial charge in [0.25, 0.3) is 0 Å². The molecule has 1 saturated carbocycles. The van der Waals surface area contributed by atoms with E-state index in [9.17, 15) is 4.39 Å². The average Bonchev–Trinajstić information content (AvgIpc) is 3.17. The summed E-state index contributed by atoms with van der Waals surface area (Å²) in [4.78, 5) is 2.01. The van der Waals surface area contributed by atoms with E-state index < -0.39 is 0 Å². The molecular weight excluding hydrogens is 243 g/mol. The molecule has 0 heterocycles. The molecule has 1 aromatic rings. The van der Waals surface area contributed by atoms with Crippen LogP contribution in [-0.4, -0.2) is 26.8 Å². The van der Waals surface area contributed by atoms with Crippen molar-refractivity contribution < 1.29 is 9.13 Å². The lowest BCUT2D eigenvalue weighted by atomic mass is 10.1. The number of hydrogen-bond donors (Lipinski definition) is 1. The van der Waals surface area contributed by atoms with Crippen molar-refractivity contribution in [1.29, 1.82) is 0 Å². The van der Waals surface area contributed by atoms with Crippen LogP contribution in [0.4, 0.5) is 10.1 Å². The van der Waals surface area contributed by atoms with Crippen molar-refractivity contribution in [2.75, 3.05) is 31.7 Å². The van der Waals surface area contributed by atoms with Gasteiger partial charge in [-0.05, 0) is 37.8 Å². The van der Waals surface area contributed by atoms with E-state index >= 15 is 0 Å². The summed E-state index contributed by atoms with van der Waals surface area (Å²) in [5, 5.41) is 0. The number of rotatable bonds is 7. The van der Waals surface area contributed by atoms with Gasteiger partial charge in [-0.3, -0.25) is 0 Å². The first-order chi connectivity index (χ1) is 9.09. The quantitative estimate of drug-likeness (QED) is 0.771. The summed E-state index contributed by atoms with van der Waals surface area (Å²) in [6.07, 6.45) is 2.60. The molecule has 0 radical (unpaired) electrons. The molecule has 19 heavy (non-hydrogen) atoms. The number of ether oxygens (including phenoxy) is 1. The lowest BCUT2D eigenvalue weighted by molar-refractivity contribution is 0.131. The van der Waals surface area contributed by atoms with Gasteiger partial charge >= 0.3 is 0 Å². The number of benzene rings is 1. The number of nitrogens with zero attached hydrogens (tertiary/aromatic N) is 1. The lowest BCUT2D eigenvalue weighted by Gasteiger charge is -2.24. The molecule has 0 amide bonds. The zero-order valence-electron chi connectivity index (χ0n) is 11.7. The van der Waals surface area contributed by atoms with E-state index in [-0.39, 0.29) is 11.9 Å². The molecule has 4 heteroatoms. The fraction of sp³-hybridized carbons (Fsp3) is 0.600. The van der Waals surface area contributed by atoms with Gasteiger partial charge in [0, 0.05) is 37.5 Å². The minimum atomic E-state index is -0.314. The molecule has 0 saturated heterocycles. The number of anilines is 1. The van der Waals surface area contributed by atoms with Crippen molar-refractivity contribution >= 4 is 5.69 Å². The summed E-state index contributed by atoms with van der Waals surface area (Å²) in [5.41, 5.74) is 7.29. The van der Waals surface area contributed by atoms with Crippen molar-refractivity contribution in [3.05, 3.63) is 29.6 Å². The normalized spacial score (nSPS) is 16.4. The standard InChI is InChI=1S/C15H23FN2O/c1-11(17)15-13(16)4-3-5-14(15)18(2)8-9-19-10-12-6-7-12/h3-5,11-12H,6-10,17H2,1-2H3/t11-/m0/s1. The van der Waals surface area contributed by atoms with Crippen molar-refractivity contribution in [2.24, 2.45) is 11.7 Å². The summed E-state index contributed by atoms with van der Waals surface area (Å²) >= 11 is 0. The van der Waals surface area contributed by atoms with Gasteiger partial charge in [-0.1, -0.05) is 6.07 Å². The van der Waals surface area contributed by atoms with Crippen LogP contribution in [0.25, 0.3) is 0 Å². The van der Waals surface area contributed by atoms with Crippen LogP contribution >= 0.6 is 0 Å². The molecule has 1 aliphatic rings. The van der Waals surface area contributed by atoms with E-state index in [1.54, 1.807) is 13.0 Å². The second-order valence-electron chi connectivity index (χ2n) is 5.40. The van der Waals surface area contributed by atoms with Crippen LogP contribution in [0.3, 0.4) is 0 Å². The average molecular weight is 266 g/mol. The monoisotopic (exact) mass is 266 g/mol. The van der Waals surface area contributed by atoms with Crippen molar-refractivity contribution in [3.63, 3.8) is 0 Å². The van der Waals surface area contributed by atoms with E-state index in [2.05, 4.69) is 0 Å². The SMILES string of the molecule is C[C@H](N)c1c(F)cccc1N(C)CCOCC1CC1. The molecule has 1 aromatic carbocycles. The van der Waals surface area contributed by atoms with E-state index in [1.807, 2.05) is 18.0 Å². The Morgan fingerprint density at radius 1 is 1.47 bits per heavy atom. The third-order valence-corrected chi connectivity index (χ3v) is 3.52. The molecule has 106 valence electrons. The Balaban J connectivity index is 1.93. The topological polar surface area (TPSA) is 38.5 Å². The molecule has 1 atom stereocenters. The molecule has 3 nitrogen and oxygen atoms in total. The Hall–Kier alpha value is -1.13. The maximum atomic E-state index is 13.8. The van der Waals surface area contributed by atoms with Gasteiger partial charge in [0.2, 0.25) is 0 Å². The fourth-order valence-electron chi connectivity index (χ4n) is 2.17. The van der Waals surface area contributed by atoms with Gasteiger partial charge in [-0.25, -0.2) is 4.39 Å². The largest absolute Gasteiger partial charge is 0.379 e. The van der Waals surface area contributed by atoms with E-state index in [4.69, 9.17) is 10.5 Å². The summed E-state index contributed by atoms with van der Waals surface area (Å²) in [7, 11) is 1.95. The molecule has 1 fully saturated rings. The molecule has 2 rings (SSSR count). The van der Waals surface area contributed by atoms with Gasteiger partial charge < -0.3 is 15.4 Å². The first-order valence-corrected chi connectivity index (χ1v) is 6.92. The molecule has 1 aliphatic carbocycles. The maximum Gasteiger partial charge on any atom is 0.130 e. The zero-order chi connectivity index (χ0) is 13.8. The Morgan fingerprint density at radius 3 is 2.84 bits per heavy atom. The third-order valence-electron chi connectivity index (χ3n) is 3.52. The molecule has 2 N–H and O–H groups in total. The van der Waals surface area contributed by atoms with Crippen LogP contribution in [0.15, 0.2) is 18.2 Å². The van der Waals surface area contributed by atoms with Gasteiger partial charge in [0.1, 0.15) is 5.82 Å². The third kappa shape index (κ3) is 3.91. The summed E-state index contributed by atoms with van der Waals surface area (Å²) in [6.45, 7) is 4.08. The van der Waals surface area contributed by atoms with Crippen LogP contribution < -0.4 is 10.6 Å². The Labute approximate surface area is 114 Å². The fourth-order valence-corrected chi connectivity index (χ4v) is 2.17. The Kier molecular flexibility index (Phi) is 4.77. The van der Waals surface area contributed by atoms with Gasteiger partial charge in [0.15, 0.2) is 0 Å². The molecule has 0 unspecified atom stereocenters. The maximum absolute atomic E-state index is 13.8. The summed E-state index contributed by atoms with van der Waals surface area (Å²) < 4.78 is 19.4.